The number of pyridine rings is 1. The lowest BCUT2D eigenvalue weighted by Crippen LogP contribution is -2.09. The van der Waals surface area contributed by atoms with E-state index >= 15 is 0 Å². The lowest BCUT2D eigenvalue weighted by atomic mass is 10.0. The average molecular weight is 317 g/mol. The van der Waals surface area contributed by atoms with Crippen molar-refractivity contribution >= 4 is 11.8 Å². The Morgan fingerprint density at radius 3 is 2.29 bits per heavy atom. The van der Waals surface area contributed by atoms with Crippen LogP contribution in [0.15, 0.2) is 72.9 Å². The molecule has 0 atom stereocenters. The third-order valence-electron chi connectivity index (χ3n) is 3.54. The summed E-state index contributed by atoms with van der Waals surface area (Å²) >= 11 is 0. The maximum Gasteiger partial charge on any atom is 0.343 e. The van der Waals surface area contributed by atoms with Gasteiger partial charge < -0.3 is 4.74 Å². The van der Waals surface area contributed by atoms with Crippen molar-refractivity contribution in [2.24, 2.45) is 0 Å². The van der Waals surface area contributed by atoms with E-state index in [2.05, 4.69) is 4.98 Å². The van der Waals surface area contributed by atoms with E-state index in [1.807, 2.05) is 24.3 Å². The molecule has 2 aromatic carbocycles. The van der Waals surface area contributed by atoms with Crippen LogP contribution in [-0.4, -0.2) is 16.7 Å². The van der Waals surface area contributed by atoms with Gasteiger partial charge in [0, 0.05) is 17.3 Å². The van der Waals surface area contributed by atoms with Crippen LogP contribution in [0.25, 0.3) is 11.3 Å². The van der Waals surface area contributed by atoms with Gasteiger partial charge in [-0.2, -0.15) is 0 Å². The Bertz CT molecular complexity index is 874. The van der Waals surface area contributed by atoms with E-state index in [1.165, 1.54) is 6.92 Å². The van der Waals surface area contributed by atoms with E-state index in [0.717, 1.165) is 0 Å². The summed E-state index contributed by atoms with van der Waals surface area (Å²) in [6.45, 7) is 1.47. The molecule has 1 aromatic heterocycles. The maximum atomic E-state index is 12.4. The molecular formula is C20H15NO3. The van der Waals surface area contributed by atoms with Crippen molar-refractivity contribution in [2.75, 3.05) is 0 Å². The van der Waals surface area contributed by atoms with Gasteiger partial charge in [0.15, 0.2) is 5.78 Å². The molecule has 0 amide bonds. The average Bonchev–Trinajstić information content (AvgIpc) is 2.63. The smallest absolute Gasteiger partial charge is 0.343 e. The Hall–Kier alpha value is -3.27. The van der Waals surface area contributed by atoms with Gasteiger partial charge in [-0.15, -0.1) is 0 Å². The van der Waals surface area contributed by atoms with Crippen molar-refractivity contribution in [3.8, 4) is 17.0 Å². The summed E-state index contributed by atoms with van der Waals surface area (Å²) < 4.78 is 5.55. The fraction of sp³-hybridized carbons (Fsp3) is 0.0500. The molecule has 0 unspecified atom stereocenters. The molecule has 0 aliphatic heterocycles. The summed E-state index contributed by atoms with van der Waals surface area (Å²) in [7, 11) is 0. The minimum atomic E-state index is -0.478. The van der Waals surface area contributed by atoms with Crippen molar-refractivity contribution in [1.82, 2.24) is 4.98 Å². The third-order valence-corrected chi connectivity index (χ3v) is 3.54. The highest BCUT2D eigenvalue weighted by molar-refractivity contribution is 5.96. The van der Waals surface area contributed by atoms with Crippen LogP contribution in [0.4, 0.5) is 0 Å². The number of hydrogen-bond donors (Lipinski definition) is 0. The largest absolute Gasteiger partial charge is 0.422 e. The monoisotopic (exact) mass is 317 g/mol. The van der Waals surface area contributed by atoms with E-state index in [9.17, 15) is 9.59 Å². The zero-order valence-corrected chi connectivity index (χ0v) is 13.1. The number of carbonyl (C=O) groups excluding carboxylic acids is 2. The van der Waals surface area contributed by atoms with Gasteiger partial charge in [0.05, 0.1) is 11.3 Å². The number of aromatic nitrogens is 1. The van der Waals surface area contributed by atoms with Crippen molar-refractivity contribution in [2.45, 2.75) is 6.92 Å². The quantitative estimate of drug-likeness (QED) is 0.412. The van der Waals surface area contributed by atoms with E-state index in [1.54, 1.807) is 48.7 Å². The van der Waals surface area contributed by atoms with Gasteiger partial charge in [-0.25, -0.2) is 4.79 Å². The third kappa shape index (κ3) is 3.38. The van der Waals surface area contributed by atoms with Crippen LogP contribution in [-0.2, 0) is 0 Å². The number of benzene rings is 2. The van der Waals surface area contributed by atoms with E-state index in [-0.39, 0.29) is 5.78 Å². The van der Waals surface area contributed by atoms with E-state index in [4.69, 9.17) is 4.74 Å². The predicted molar refractivity (Wildman–Crippen MR) is 91.1 cm³/mol. The molecule has 0 bridgehead atoms. The van der Waals surface area contributed by atoms with Crippen molar-refractivity contribution in [3.63, 3.8) is 0 Å². The van der Waals surface area contributed by atoms with Crippen LogP contribution in [0.5, 0.6) is 5.75 Å². The van der Waals surface area contributed by atoms with Crippen molar-refractivity contribution in [1.29, 1.82) is 0 Å². The molecule has 0 saturated heterocycles. The Kier molecular flexibility index (Phi) is 4.47. The molecule has 118 valence electrons. The summed E-state index contributed by atoms with van der Waals surface area (Å²) in [6.07, 6.45) is 1.66. The second-order valence-corrected chi connectivity index (χ2v) is 5.24. The van der Waals surface area contributed by atoms with Crippen molar-refractivity contribution < 1.29 is 14.3 Å². The molecule has 4 nitrogen and oxygen atoms in total. The van der Waals surface area contributed by atoms with Crippen LogP contribution in [0, 0.1) is 0 Å². The minimum Gasteiger partial charge on any atom is -0.422 e. The van der Waals surface area contributed by atoms with Gasteiger partial charge in [-0.1, -0.05) is 30.3 Å². The Balaban J connectivity index is 2.02. The zero-order chi connectivity index (χ0) is 16.9. The topological polar surface area (TPSA) is 56.3 Å². The standard InChI is InChI=1S/C20H15NO3/c1-14(22)16-10-11-17(18-9-5-6-12-21-18)19(13-16)24-20(23)15-7-3-2-4-8-15/h2-13H,1H3. The number of rotatable bonds is 4. The Morgan fingerprint density at radius 2 is 1.62 bits per heavy atom. The first kappa shape index (κ1) is 15.6. The molecular weight excluding hydrogens is 302 g/mol. The summed E-state index contributed by atoms with van der Waals surface area (Å²) in [4.78, 5) is 28.3. The van der Waals surface area contributed by atoms with Gasteiger partial charge >= 0.3 is 5.97 Å². The van der Waals surface area contributed by atoms with Gasteiger partial charge in [0.2, 0.25) is 0 Å². The molecule has 0 spiro atoms. The SMILES string of the molecule is CC(=O)c1ccc(-c2ccccn2)c(OC(=O)c2ccccc2)c1. The van der Waals surface area contributed by atoms with Crippen molar-refractivity contribution in [3.05, 3.63) is 84.1 Å². The molecule has 1 heterocycles. The highest BCUT2D eigenvalue weighted by Crippen LogP contribution is 2.30. The fourth-order valence-corrected chi connectivity index (χ4v) is 2.29. The second-order valence-electron chi connectivity index (χ2n) is 5.24. The lowest BCUT2D eigenvalue weighted by molar-refractivity contribution is 0.0734. The number of ketones is 1. The van der Waals surface area contributed by atoms with Gasteiger partial charge in [-0.05, 0) is 43.3 Å². The highest BCUT2D eigenvalue weighted by atomic mass is 16.5. The zero-order valence-electron chi connectivity index (χ0n) is 13.1. The molecule has 0 aliphatic carbocycles. The number of esters is 1. The number of Topliss-reactive ketones (excluding diaryl/α,β-unsaturated/α-hetero) is 1. The number of nitrogens with zero attached hydrogens (tertiary/aromatic N) is 1. The molecule has 0 radical (unpaired) electrons. The van der Waals surface area contributed by atoms with Gasteiger partial charge in [0.25, 0.3) is 0 Å². The Morgan fingerprint density at radius 1 is 0.875 bits per heavy atom. The molecule has 0 aliphatic rings. The minimum absolute atomic E-state index is 0.0976. The van der Waals surface area contributed by atoms with Crippen LogP contribution < -0.4 is 4.74 Å². The maximum absolute atomic E-state index is 12.4. The molecule has 3 rings (SSSR count). The number of hydrogen-bond acceptors (Lipinski definition) is 4. The van der Waals surface area contributed by atoms with E-state index in [0.29, 0.717) is 28.1 Å². The van der Waals surface area contributed by atoms with Crippen LogP contribution in [0.3, 0.4) is 0 Å². The first-order valence-corrected chi connectivity index (χ1v) is 7.49. The van der Waals surface area contributed by atoms with E-state index < -0.39 is 5.97 Å². The van der Waals surface area contributed by atoms with Crippen LogP contribution in [0.2, 0.25) is 0 Å². The first-order valence-electron chi connectivity index (χ1n) is 7.49. The predicted octanol–water partition coefficient (Wildman–Crippen LogP) is 4.17. The fourth-order valence-electron chi connectivity index (χ4n) is 2.29. The molecule has 24 heavy (non-hydrogen) atoms. The Labute approximate surface area is 139 Å². The summed E-state index contributed by atoms with van der Waals surface area (Å²) in [5.74, 6) is -0.261. The first-order chi connectivity index (χ1) is 11.6. The normalized spacial score (nSPS) is 10.2. The summed E-state index contributed by atoms with van der Waals surface area (Å²) in [5, 5.41) is 0. The lowest BCUT2D eigenvalue weighted by Gasteiger charge is -2.11. The van der Waals surface area contributed by atoms with Gasteiger partial charge in [-0.3, -0.25) is 9.78 Å². The molecule has 3 aromatic rings. The molecule has 4 heteroatoms. The van der Waals surface area contributed by atoms with Crippen LogP contribution in [0.1, 0.15) is 27.6 Å². The number of carbonyl (C=O) groups is 2. The molecule has 0 N–H and O–H groups in total. The van der Waals surface area contributed by atoms with Crippen LogP contribution >= 0.6 is 0 Å². The molecule has 0 saturated carbocycles. The summed E-state index contributed by atoms with van der Waals surface area (Å²) in [6, 6.07) is 19.2. The second kappa shape index (κ2) is 6.87. The van der Waals surface area contributed by atoms with Gasteiger partial charge in [0.1, 0.15) is 5.75 Å². The molecule has 0 fully saturated rings. The highest BCUT2D eigenvalue weighted by Gasteiger charge is 2.15. The summed E-state index contributed by atoms with van der Waals surface area (Å²) in [5.41, 5.74) is 2.25. The number of ether oxygens (including phenoxy) is 1.